The van der Waals surface area contributed by atoms with Crippen molar-refractivity contribution < 1.29 is 13.9 Å². The number of aryl methyl sites for hydroxylation is 1. The molecule has 0 unspecified atom stereocenters. The van der Waals surface area contributed by atoms with E-state index in [9.17, 15) is 9.18 Å². The van der Waals surface area contributed by atoms with Crippen molar-refractivity contribution in [3.63, 3.8) is 0 Å². The van der Waals surface area contributed by atoms with Gasteiger partial charge in [0, 0.05) is 6.07 Å². The van der Waals surface area contributed by atoms with Gasteiger partial charge < -0.3 is 4.74 Å². The van der Waals surface area contributed by atoms with Crippen LogP contribution in [0.4, 0.5) is 4.39 Å². The zero-order valence-corrected chi connectivity index (χ0v) is 10.3. The number of carbonyl (C=O) groups is 1. The third-order valence-corrected chi connectivity index (χ3v) is 2.19. The van der Waals surface area contributed by atoms with Crippen LogP contribution >= 0.6 is 0 Å². The normalized spacial score (nSPS) is 8.68. The van der Waals surface area contributed by atoms with Crippen LogP contribution in [0.2, 0.25) is 0 Å². The van der Waals surface area contributed by atoms with Crippen molar-refractivity contribution in [1.29, 1.82) is 5.26 Å². The van der Waals surface area contributed by atoms with E-state index in [4.69, 9.17) is 5.26 Å². The van der Waals surface area contributed by atoms with E-state index in [0.717, 1.165) is 6.07 Å². The molecule has 0 aliphatic heterocycles. The second kappa shape index (κ2) is 7.62. The van der Waals surface area contributed by atoms with Crippen molar-refractivity contribution in [3.8, 4) is 11.8 Å². The topological polar surface area (TPSA) is 50.1 Å². The molecule has 2 rings (SSSR count). The van der Waals surface area contributed by atoms with E-state index in [0.29, 0.717) is 0 Å². The molecule has 2 aromatic rings. The number of benzene rings is 2. The van der Waals surface area contributed by atoms with Crippen LogP contribution < -0.4 is 4.74 Å². The van der Waals surface area contributed by atoms with Gasteiger partial charge in [0.1, 0.15) is 17.6 Å². The molecule has 2 aromatic carbocycles. The number of carbonyl (C=O) groups excluding carboxylic acids is 1. The summed E-state index contributed by atoms with van der Waals surface area (Å²) >= 11 is 0. The number of nitriles is 1. The number of nitrogens with zero attached hydrogens (tertiary/aromatic N) is 1. The smallest absolute Gasteiger partial charge is 0.298 e. The highest BCUT2D eigenvalue weighted by atomic mass is 19.1. The molecule has 4 heteroatoms. The van der Waals surface area contributed by atoms with E-state index >= 15 is 0 Å². The summed E-state index contributed by atoms with van der Waals surface area (Å²) in [4.78, 5) is 9.83. The molecule has 0 N–H and O–H groups in total. The van der Waals surface area contributed by atoms with Crippen LogP contribution in [0.1, 0.15) is 11.1 Å². The number of hydrogen-bond acceptors (Lipinski definition) is 3. The van der Waals surface area contributed by atoms with Crippen LogP contribution in [0.25, 0.3) is 0 Å². The van der Waals surface area contributed by atoms with Crippen molar-refractivity contribution in [2.24, 2.45) is 0 Å². The lowest BCUT2D eigenvalue weighted by atomic mass is 10.2. The molecule has 0 spiro atoms. The third kappa shape index (κ3) is 5.00. The molecule has 0 amide bonds. The van der Waals surface area contributed by atoms with Crippen LogP contribution in [0.15, 0.2) is 48.5 Å². The van der Waals surface area contributed by atoms with Gasteiger partial charge in [0.25, 0.3) is 6.47 Å². The average Bonchev–Trinajstić information content (AvgIpc) is 2.41. The maximum atomic E-state index is 12.8. The summed E-state index contributed by atoms with van der Waals surface area (Å²) in [6, 6.07) is 15.5. The number of rotatable bonds is 2. The second-order valence-corrected chi connectivity index (χ2v) is 3.62. The Morgan fingerprint density at radius 2 is 1.89 bits per heavy atom. The molecule has 0 fully saturated rings. The predicted molar refractivity (Wildman–Crippen MR) is 69.0 cm³/mol. The lowest BCUT2D eigenvalue weighted by molar-refractivity contribution is -0.120. The van der Waals surface area contributed by atoms with Gasteiger partial charge in [-0.25, -0.2) is 4.39 Å². The quantitative estimate of drug-likeness (QED) is 0.776. The number of hydrogen-bond donors (Lipinski definition) is 0. The van der Waals surface area contributed by atoms with Gasteiger partial charge in [-0.1, -0.05) is 35.9 Å². The molecular formula is C15H12FNO2. The molecule has 3 nitrogen and oxygen atoms in total. The molecule has 0 aliphatic carbocycles. The number of halogens is 1. The van der Waals surface area contributed by atoms with Crippen molar-refractivity contribution in [2.45, 2.75) is 6.92 Å². The minimum absolute atomic E-state index is 0.0757. The SMILES string of the molecule is Cc1ccccc1.N#Cc1ccc(OC=O)cc1F. The average molecular weight is 257 g/mol. The van der Waals surface area contributed by atoms with Gasteiger partial charge in [0.05, 0.1) is 5.56 Å². The lowest BCUT2D eigenvalue weighted by Crippen LogP contribution is -1.90. The predicted octanol–water partition coefficient (Wildman–Crippen LogP) is 3.23. The fourth-order valence-electron chi connectivity index (χ4n) is 1.25. The summed E-state index contributed by atoms with van der Waals surface area (Å²) in [5.41, 5.74) is 1.25. The van der Waals surface area contributed by atoms with E-state index < -0.39 is 5.82 Å². The Kier molecular flexibility index (Phi) is 5.77. The molecule has 0 radical (unpaired) electrons. The van der Waals surface area contributed by atoms with Gasteiger partial charge in [-0.3, -0.25) is 4.79 Å². The van der Waals surface area contributed by atoms with Gasteiger partial charge >= 0.3 is 0 Å². The molecule has 0 atom stereocenters. The standard InChI is InChI=1S/C8H4FNO2.C7H8/c9-8-3-7(12-5-11)2-1-6(8)4-10;1-7-5-3-2-4-6-7/h1-3,5H;2-6H,1H3. The fraction of sp³-hybridized carbons (Fsp3) is 0.0667. The molecular weight excluding hydrogens is 245 g/mol. The van der Waals surface area contributed by atoms with Gasteiger partial charge in [0.2, 0.25) is 0 Å². The van der Waals surface area contributed by atoms with E-state index in [1.807, 2.05) is 18.2 Å². The molecule has 0 heterocycles. The van der Waals surface area contributed by atoms with Gasteiger partial charge in [-0.15, -0.1) is 0 Å². The number of ether oxygens (including phenoxy) is 1. The van der Waals surface area contributed by atoms with E-state index in [-0.39, 0.29) is 17.8 Å². The highest BCUT2D eigenvalue weighted by Gasteiger charge is 2.02. The maximum Gasteiger partial charge on any atom is 0.298 e. The molecule has 19 heavy (non-hydrogen) atoms. The molecule has 0 saturated heterocycles. The summed E-state index contributed by atoms with van der Waals surface area (Å²) < 4.78 is 17.1. The van der Waals surface area contributed by atoms with E-state index in [1.165, 1.54) is 17.7 Å². The first-order valence-corrected chi connectivity index (χ1v) is 5.49. The highest BCUT2D eigenvalue weighted by molar-refractivity contribution is 5.46. The molecule has 0 bridgehead atoms. The van der Waals surface area contributed by atoms with Crippen molar-refractivity contribution in [2.75, 3.05) is 0 Å². The summed E-state index contributed by atoms with van der Waals surface area (Å²) in [6.07, 6.45) is 0. The van der Waals surface area contributed by atoms with Gasteiger partial charge in [-0.2, -0.15) is 5.26 Å². The first-order valence-electron chi connectivity index (χ1n) is 5.49. The van der Waals surface area contributed by atoms with Crippen LogP contribution in [-0.2, 0) is 4.79 Å². The third-order valence-electron chi connectivity index (χ3n) is 2.19. The van der Waals surface area contributed by atoms with E-state index in [2.05, 4.69) is 23.8 Å². The maximum absolute atomic E-state index is 12.8. The Morgan fingerprint density at radius 3 is 2.32 bits per heavy atom. The molecule has 0 aromatic heterocycles. The zero-order valence-electron chi connectivity index (χ0n) is 10.3. The molecule has 0 aliphatic rings. The lowest BCUT2D eigenvalue weighted by Gasteiger charge is -1.97. The van der Waals surface area contributed by atoms with Crippen LogP contribution in [0.5, 0.6) is 5.75 Å². The van der Waals surface area contributed by atoms with Crippen LogP contribution in [-0.4, -0.2) is 6.47 Å². The van der Waals surface area contributed by atoms with Crippen molar-refractivity contribution in [3.05, 3.63) is 65.5 Å². The summed E-state index contributed by atoms with van der Waals surface area (Å²) in [7, 11) is 0. The minimum Gasteiger partial charge on any atom is -0.429 e. The van der Waals surface area contributed by atoms with Gasteiger partial charge in [0.15, 0.2) is 0 Å². The first-order chi connectivity index (χ1) is 9.17. The van der Waals surface area contributed by atoms with Crippen molar-refractivity contribution >= 4 is 6.47 Å². The van der Waals surface area contributed by atoms with Crippen molar-refractivity contribution in [1.82, 2.24) is 0 Å². The zero-order chi connectivity index (χ0) is 14.1. The summed E-state index contributed by atoms with van der Waals surface area (Å²) in [5.74, 6) is -0.613. The Hall–Kier alpha value is -2.67. The highest BCUT2D eigenvalue weighted by Crippen LogP contribution is 2.14. The largest absolute Gasteiger partial charge is 0.429 e. The Bertz CT molecular complexity index is 576. The summed E-state index contributed by atoms with van der Waals surface area (Å²) in [6.45, 7) is 2.28. The fourth-order valence-corrected chi connectivity index (χ4v) is 1.25. The monoisotopic (exact) mass is 257 g/mol. The summed E-state index contributed by atoms with van der Waals surface area (Å²) in [5, 5.41) is 8.34. The first kappa shape index (κ1) is 14.4. The Labute approximate surface area is 110 Å². The molecule has 96 valence electrons. The molecule has 0 saturated carbocycles. The Morgan fingerprint density at radius 1 is 1.21 bits per heavy atom. The van der Waals surface area contributed by atoms with Gasteiger partial charge in [-0.05, 0) is 19.1 Å². The Balaban J connectivity index is 0.000000218. The minimum atomic E-state index is -0.697. The van der Waals surface area contributed by atoms with Crippen LogP contribution in [0.3, 0.4) is 0 Å². The van der Waals surface area contributed by atoms with Crippen LogP contribution in [0, 0.1) is 24.1 Å². The second-order valence-electron chi connectivity index (χ2n) is 3.62. The van der Waals surface area contributed by atoms with E-state index in [1.54, 1.807) is 6.07 Å².